The molecule has 1 aromatic rings. The monoisotopic (exact) mass is 312 g/mol. The highest BCUT2D eigenvalue weighted by molar-refractivity contribution is 6.01. The van der Waals surface area contributed by atoms with Crippen LogP contribution in [0, 0.1) is 11.3 Å². The Kier molecular flexibility index (Phi) is 6.40. The average molecular weight is 312 g/mol. The minimum absolute atomic E-state index is 0.0557. The van der Waals surface area contributed by atoms with Crippen LogP contribution in [0.1, 0.15) is 18.4 Å². The van der Waals surface area contributed by atoms with Gasteiger partial charge in [0.2, 0.25) is 0 Å². The number of carbonyl (C=O) groups is 1. The van der Waals surface area contributed by atoms with E-state index in [0.717, 1.165) is 25.0 Å². The third kappa shape index (κ3) is 5.28. The summed E-state index contributed by atoms with van der Waals surface area (Å²) in [6.07, 6.45) is 5.24. The van der Waals surface area contributed by atoms with Gasteiger partial charge in [0.05, 0.1) is 6.10 Å². The largest absolute Gasteiger partial charge is 0.490 e. The number of benzene rings is 1. The minimum Gasteiger partial charge on any atom is -0.490 e. The summed E-state index contributed by atoms with van der Waals surface area (Å²) in [4.78, 5) is 12.1. The molecule has 1 amide bonds. The summed E-state index contributed by atoms with van der Waals surface area (Å²) in [6, 6.07) is 9.10. The van der Waals surface area contributed by atoms with E-state index in [1.54, 1.807) is 36.4 Å². The van der Waals surface area contributed by atoms with Crippen molar-refractivity contribution in [3.8, 4) is 11.8 Å². The molecule has 0 saturated carbocycles. The standard InChI is InChI=1S/C18H20N2O3/c1-2-9-22-16-7-5-14(6-8-16)11-15(12-19)18(21)20-13-17-4-3-10-23-17/h2,5-8,11,17H,1,3-4,9-10,13H2,(H,20,21)/b15-11+. The summed E-state index contributed by atoms with van der Waals surface area (Å²) in [5.41, 5.74) is 0.836. The predicted molar refractivity (Wildman–Crippen MR) is 87.7 cm³/mol. The van der Waals surface area contributed by atoms with Crippen LogP contribution in [0.2, 0.25) is 0 Å². The van der Waals surface area contributed by atoms with Gasteiger partial charge in [0.1, 0.15) is 24.0 Å². The molecule has 1 heterocycles. The third-order valence-electron chi connectivity index (χ3n) is 3.44. The molecule has 120 valence electrons. The maximum Gasteiger partial charge on any atom is 0.262 e. The molecule has 23 heavy (non-hydrogen) atoms. The van der Waals surface area contributed by atoms with Crippen molar-refractivity contribution in [2.45, 2.75) is 18.9 Å². The molecule has 2 rings (SSSR count). The second-order valence-corrected chi connectivity index (χ2v) is 5.18. The molecule has 0 spiro atoms. The van der Waals surface area contributed by atoms with Crippen LogP contribution in [0.4, 0.5) is 0 Å². The number of carbonyl (C=O) groups excluding carboxylic acids is 1. The van der Waals surface area contributed by atoms with E-state index in [0.29, 0.717) is 18.9 Å². The summed E-state index contributed by atoms with van der Waals surface area (Å²) in [5.74, 6) is 0.332. The Morgan fingerprint density at radius 2 is 2.26 bits per heavy atom. The summed E-state index contributed by atoms with van der Waals surface area (Å²) < 4.78 is 10.8. The maximum atomic E-state index is 12.1. The fourth-order valence-corrected chi connectivity index (χ4v) is 2.24. The molecular weight excluding hydrogens is 292 g/mol. The number of nitriles is 1. The quantitative estimate of drug-likeness (QED) is 0.477. The fraction of sp³-hybridized carbons (Fsp3) is 0.333. The normalized spacial score (nSPS) is 17.3. The zero-order chi connectivity index (χ0) is 16.5. The van der Waals surface area contributed by atoms with Crippen LogP contribution >= 0.6 is 0 Å². The molecule has 1 aliphatic heterocycles. The second kappa shape index (κ2) is 8.76. The van der Waals surface area contributed by atoms with E-state index in [4.69, 9.17) is 9.47 Å². The number of rotatable bonds is 7. The van der Waals surface area contributed by atoms with Crippen molar-refractivity contribution in [2.75, 3.05) is 19.8 Å². The van der Waals surface area contributed by atoms with E-state index in [-0.39, 0.29) is 17.6 Å². The second-order valence-electron chi connectivity index (χ2n) is 5.18. The van der Waals surface area contributed by atoms with E-state index in [9.17, 15) is 10.1 Å². The molecule has 1 N–H and O–H groups in total. The van der Waals surface area contributed by atoms with Crippen molar-refractivity contribution in [2.24, 2.45) is 0 Å². The number of hydrogen-bond donors (Lipinski definition) is 1. The molecule has 1 fully saturated rings. The van der Waals surface area contributed by atoms with Gasteiger partial charge in [0.15, 0.2) is 0 Å². The van der Waals surface area contributed by atoms with E-state index < -0.39 is 0 Å². The van der Waals surface area contributed by atoms with Crippen molar-refractivity contribution in [1.29, 1.82) is 5.26 Å². The maximum absolute atomic E-state index is 12.1. The summed E-state index contributed by atoms with van der Waals surface area (Å²) in [6.45, 7) is 5.19. The Bertz CT molecular complexity index is 608. The van der Waals surface area contributed by atoms with Gasteiger partial charge in [-0.15, -0.1) is 0 Å². The molecule has 1 aliphatic rings. The molecule has 1 aromatic carbocycles. The number of hydrogen-bond acceptors (Lipinski definition) is 4. The summed E-state index contributed by atoms with van der Waals surface area (Å²) >= 11 is 0. The Hall–Kier alpha value is -2.58. The molecule has 0 bridgehead atoms. The molecule has 1 saturated heterocycles. The average Bonchev–Trinajstić information content (AvgIpc) is 3.10. The Morgan fingerprint density at radius 1 is 1.48 bits per heavy atom. The Balaban J connectivity index is 1.95. The lowest BCUT2D eigenvalue weighted by atomic mass is 10.1. The van der Waals surface area contributed by atoms with Gasteiger partial charge in [0, 0.05) is 13.2 Å². The summed E-state index contributed by atoms with van der Waals surface area (Å²) in [7, 11) is 0. The molecule has 1 atom stereocenters. The first kappa shape index (κ1) is 16.8. The zero-order valence-corrected chi connectivity index (χ0v) is 13.0. The number of ether oxygens (including phenoxy) is 2. The SMILES string of the molecule is C=CCOc1ccc(/C=C(\C#N)C(=O)NCC2CCCO2)cc1. The number of nitrogens with zero attached hydrogens (tertiary/aromatic N) is 1. The first-order chi connectivity index (χ1) is 11.2. The fourth-order valence-electron chi connectivity index (χ4n) is 2.24. The van der Waals surface area contributed by atoms with Gasteiger partial charge in [-0.05, 0) is 36.6 Å². The van der Waals surface area contributed by atoms with Gasteiger partial charge in [-0.25, -0.2) is 0 Å². The zero-order valence-electron chi connectivity index (χ0n) is 13.0. The van der Waals surface area contributed by atoms with Crippen molar-refractivity contribution >= 4 is 12.0 Å². The molecule has 0 aliphatic carbocycles. The van der Waals surface area contributed by atoms with Crippen LogP contribution in [-0.2, 0) is 9.53 Å². The molecule has 5 nitrogen and oxygen atoms in total. The number of amides is 1. The van der Waals surface area contributed by atoms with Crippen LogP contribution in [-0.4, -0.2) is 31.8 Å². The van der Waals surface area contributed by atoms with Gasteiger partial charge in [-0.3, -0.25) is 4.79 Å². The van der Waals surface area contributed by atoms with E-state index in [1.807, 2.05) is 6.07 Å². The smallest absolute Gasteiger partial charge is 0.262 e. The van der Waals surface area contributed by atoms with Crippen molar-refractivity contribution in [3.05, 3.63) is 48.1 Å². The van der Waals surface area contributed by atoms with Crippen LogP contribution in [0.3, 0.4) is 0 Å². The lowest BCUT2D eigenvalue weighted by Crippen LogP contribution is -2.32. The molecular formula is C18H20N2O3. The van der Waals surface area contributed by atoms with E-state index in [2.05, 4.69) is 11.9 Å². The van der Waals surface area contributed by atoms with Crippen LogP contribution in [0.15, 0.2) is 42.5 Å². The van der Waals surface area contributed by atoms with Crippen LogP contribution in [0.5, 0.6) is 5.75 Å². The lowest BCUT2D eigenvalue weighted by Gasteiger charge is -2.10. The minimum atomic E-state index is -0.380. The number of nitrogens with one attached hydrogen (secondary N) is 1. The highest BCUT2D eigenvalue weighted by Crippen LogP contribution is 2.15. The molecule has 0 radical (unpaired) electrons. The lowest BCUT2D eigenvalue weighted by molar-refractivity contribution is -0.117. The highest BCUT2D eigenvalue weighted by Gasteiger charge is 2.17. The Morgan fingerprint density at radius 3 is 2.87 bits per heavy atom. The summed E-state index contributed by atoms with van der Waals surface area (Å²) in [5, 5.41) is 11.9. The topological polar surface area (TPSA) is 71.3 Å². The van der Waals surface area contributed by atoms with E-state index in [1.165, 1.54) is 0 Å². The van der Waals surface area contributed by atoms with Crippen molar-refractivity contribution in [1.82, 2.24) is 5.32 Å². The van der Waals surface area contributed by atoms with Gasteiger partial charge < -0.3 is 14.8 Å². The van der Waals surface area contributed by atoms with Gasteiger partial charge >= 0.3 is 0 Å². The van der Waals surface area contributed by atoms with Gasteiger partial charge in [-0.1, -0.05) is 24.8 Å². The van der Waals surface area contributed by atoms with Crippen LogP contribution in [0.25, 0.3) is 6.08 Å². The first-order valence-corrected chi connectivity index (χ1v) is 7.58. The predicted octanol–water partition coefficient (Wildman–Crippen LogP) is 2.45. The highest BCUT2D eigenvalue weighted by atomic mass is 16.5. The molecule has 1 unspecified atom stereocenters. The Labute approximate surface area is 136 Å². The molecule has 5 heteroatoms. The van der Waals surface area contributed by atoms with Gasteiger partial charge in [0.25, 0.3) is 5.91 Å². The third-order valence-corrected chi connectivity index (χ3v) is 3.44. The van der Waals surface area contributed by atoms with E-state index >= 15 is 0 Å². The first-order valence-electron chi connectivity index (χ1n) is 7.58. The van der Waals surface area contributed by atoms with Gasteiger partial charge in [-0.2, -0.15) is 5.26 Å². The molecule has 0 aromatic heterocycles. The van der Waals surface area contributed by atoms with Crippen LogP contribution < -0.4 is 10.1 Å². The van der Waals surface area contributed by atoms with Crippen molar-refractivity contribution < 1.29 is 14.3 Å². The van der Waals surface area contributed by atoms with Crippen molar-refractivity contribution in [3.63, 3.8) is 0 Å².